The SMILES string of the molecule is NCCCCc1c(-c2ccc(F)cc2F)[nH]c2ccc(C(=O)O)cc12. The lowest BCUT2D eigenvalue weighted by molar-refractivity contribution is 0.0697. The number of carboxylic acid groups (broad SMARTS) is 1. The van der Waals surface area contributed by atoms with Gasteiger partial charge in [0.15, 0.2) is 0 Å². The number of carboxylic acids is 1. The number of aromatic amines is 1. The van der Waals surface area contributed by atoms with Gasteiger partial charge in [0.1, 0.15) is 11.6 Å². The van der Waals surface area contributed by atoms with E-state index in [0.29, 0.717) is 24.2 Å². The highest BCUT2D eigenvalue weighted by atomic mass is 19.1. The van der Waals surface area contributed by atoms with Crippen molar-refractivity contribution in [2.24, 2.45) is 5.73 Å². The number of nitrogens with two attached hydrogens (primary N) is 1. The number of aromatic nitrogens is 1. The number of hydrogen-bond donors (Lipinski definition) is 3. The zero-order chi connectivity index (χ0) is 18.0. The zero-order valence-corrected chi connectivity index (χ0v) is 13.5. The van der Waals surface area contributed by atoms with Crippen LogP contribution in [0.5, 0.6) is 0 Å². The predicted octanol–water partition coefficient (Wildman–Crippen LogP) is 4.09. The summed E-state index contributed by atoms with van der Waals surface area (Å²) in [6.45, 7) is 0.545. The van der Waals surface area contributed by atoms with E-state index in [0.717, 1.165) is 29.9 Å². The minimum Gasteiger partial charge on any atom is -0.478 e. The Morgan fingerprint density at radius 1 is 1.12 bits per heavy atom. The van der Waals surface area contributed by atoms with Gasteiger partial charge in [0.25, 0.3) is 0 Å². The standard InChI is InChI=1S/C19H18F2N2O2/c20-12-5-6-14(16(21)10-12)18-13(3-1-2-8-22)15-9-11(19(24)25)4-7-17(15)23-18/h4-7,9-10,23H,1-3,8,22H2,(H,24,25). The van der Waals surface area contributed by atoms with Crippen LogP contribution in [0.1, 0.15) is 28.8 Å². The number of aryl methyl sites for hydroxylation is 1. The van der Waals surface area contributed by atoms with Crippen LogP contribution in [0.25, 0.3) is 22.2 Å². The van der Waals surface area contributed by atoms with Crippen molar-refractivity contribution in [2.45, 2.75) is 19.3 Å². The number of carbonyl (C=O) groups is 1. The summed E-state index contributed by atoms with van der Waals surface area (Å²) < 4.78 is 27.5. The molecule has 0 amide bonds. The third-order valence-corrected chi connectivity index (χ3v) is 4.23. The molecule has 0 aliphatic carbocycles. The minimum absolute atomic E-state index is 0.165. The molecule has 3 aromatic rings. The van der Waals surface area contributed by atoms with Crippen LogP contribution >= 0.6 is 0 Å². The van der Waals surface area contributed by atoms with E-state index in [4.69, 9.17) is 5.73 Å². The molecule has 1 aromatic heterocycles. The number of rotatable bonds is 6. The molecule has 0 bridgehead atoms. The Morgan fingerprint density at radius 3 is 2.60 bits per heavy atom. The summed E-state index contributed by atoms with van der Waals surface area (Å²) in [6.07, 6.45) is 2.21. The first-order valence-electron chi connectivity index (χ1n) is 8.04. The second-order valence-corrected chi connectivity index (χ2v) is 5.91. The molecule has 0 aliphatic rings. The van der Waals surface area contributed by atoms with Gasteiger partial charge in [0.05, 0.1) is 11.3 Å². The summed E-state index contributed by atoms with van der Waals surface area (Å²) in [5, 5.41) is 9.95. The van der Waals surface area contributed by atoms with E-state index in [2.05, 4.69) is 4.98 Å². The van der Waals surface area contributed by atoms with E-state index in [-0.39, 0.29) is 11.1 Å². The molecule has 4 nitrogen and oxygen atoms in total. The topological polar surface area (TPSA) is 79.1 Å². The van der Waals surface area contributed by atoms with Crippen LogP contribution in [-0.4, -0.2) is 22.6 Å². The summed E-state index contributed by atoms with van der Waals surface area (Å²) >= 11 is 0. The molecule has 0 aliphatic heterocycles. The molecule has 0 saturated carbocycles. The van der Waals surface area contributed by atoms with Crippen molar-refractivity contribution in [3.8, 4) is 11.3 Å². The first-order valence-corrected chi connectivity index (χ1v) is 8.04. The van der Waals surface area contributed by atoms with Crippen LogP contribution in [-0.2, 0) is 6.42 Å². The molecule has 6 heteroatoms. The van der Waals surface area contributed by atoms with E-state index in [1.54, 1.807) is 12.1 Å². The van der Waals surface area contributed by atoms with Crippen molar-refractivity contribution < 1.29 is 18.7 Å². The van der Waals surface area contributed by atoms with Gasteiger partial charge < -0.3 is 15.8 Å². The highest BCUT2D eigenvalue weighted by molar-refractivity contribution is 5.97. The molecular formula is C19H18F2N2O2. The Balaban J connectivity index is 2.18. The number of unbranched alkanes of at least 4 members (excludes halogenated alkanes) is 1. The molecule has 0 saturated heterocycles. The third kappa shape index (κ3) is 3.39. The molecule has 0 unspecified atom stereocenters. The second kappa shape index (κ2) is 7.03. The fraction of sp³-hybridized carbons (Fsp3) is 0.211. The van der Waals surface area contributed by atoms with Crippen LogP contribution in [0.3, 0.4) is 0 Å². The highest BCUT2D eigenvalue weighted by Gasteiger charge is 2.17. The smallest absolute Gasteiger partial charge is 0.335 e. The van der Waals surface area contributed by atoms with Crippen molar-refractivity contribution in [1.82, 2.24) is 4.98 Å². The summed E-state index contributed by atoms with van der Waals surface area (Å²) in [5.41, 5.74) is 8.05. The minimum atomic E-state index is -1.02. The summed E-state index contributed by atoms with van der Waals surface area (Å²) in [4.78, 5) is 14.4. The number of fused-ring (bicyclic) bond motifs is 1. The van der Waals surface area contributed by atoms with Gasteiger partial charge in [0, 0.05) is 22.5 Å². The van der Waals surface area contributed by atoms with Crippen LogP contribution in [0.4, 0.5) is 8.78 Å². The lowest BCUT2D eigenvalue weighted by Gasteiger charge is -2.07. The normalized spacial score (nSPS) is 11.2. The van der Waals surface area contributed by atoms with Gasteiger partial charge in [-0.1, -0.05) is 0 Å². The van der Waals surface area contributed by atoms with Crippen molar-refractivity contribution in [3.63, 3.8) is 0 Å². The quantitative estimate of drug-likeness (QED) is 0.589. The Labute approximate surface area is 143 Å². The average Bonchev–Trinajstić information content (AvgIpc) is 2.93. The molecular weight excluding hydrogens is 326 g/mol. The van der Waals surface area contributed by atoms with Gasteiger partial charge in [-0.2, -0.15) is 0 Å². The molecule has 4 N–H and O–H groups in total. The fourth-order valence-corrected chi connectivity index (χ4v) is 3.01. The number of benzene rings is 2. The Bertz CT molecular complexity index is 935. The second-order valence-electron chi connectivity index (χ2n) is 5.91. The number of hydrogen-bond acceptors (Lipinski definition) is 2. The maximum absolute atomic E-state index is 14.3. The zero-order valence-electron chi connectivity index (χ0n) is 13.5. The molecule has 25 heavy (non-hydrogen) atoms. The van der Waals surface area contributed by atoms with Crippen LogP contribution in [0.2, 0.25) is 0 Å². The van der Waals surface area contributed by atoms with Crippen molar-refractivity contribution >= 4 is 16.9 Å². The molecule has 130 valence electrons. The van der Waals surface area contributed by atoms with Gasteiger partial charge in [0.2, 0.25) is 0 Å². The van der Waals surface area contributed by atoms with Crippen LogP contribution in [0.15, 0.2) is 36.4 Å². The van der Waals surface area contributed by atoms with E-state index in [9.17, 15) is 18.7 Å². The van der Waals surface area contributed by atoms with Gasteiger partial charge >= 0.3 is 5.97 Å². The van der Waals surface area contributed by atoms with Gasteiger partial charge in [-0.3, -0.25) is 0 Å². The monoisotopic (exact) mass is 344 g/mol. The number of halogens is 2. The van der Waals surface area contributed by atoms with E-state index < -0.39 is 17.6 Å². The first-order chi connectivity index (χ1) is 12.0. The molecule has 2 aromatic carbocycles. The number of aromatic carboxylic acids is 1. The molecule has 0 radical (unpaired) electrons. The molecule has 0 atom stereocenters. The van der Waals surface area contributed by atoms with Crippen LogP contribution < -0.4 is 5.73 Å². The maximum atomic E-state index is 14.3. The molecule has 1 heterocycles. The van der Waals surface area contributed by atoms with Crippen LogP contribution in [0, 0.1) is 11.6 Å². The average molecular weight is 344 g/mol. The Morgan fingerprint density at radius 2 is 1.92 bits per heavy atom. The largest absolute Gasteiger partial charge is 0.478 e. The summed E-state index contributed by atoms with van der Waals surface area (Å²) in [6, 6.07) is 8.17. The lowest BCUT2D eigenvalue weighted by Crippen LogP contribution is -2.00. The predicted molar refractivity (Wildman–Crippen MR) is 92.6 cm³/mol. The Hall–Kier alpha value is -2.73. The van der Waals surface area contributed by atoms with E-state index in [1.807, 2.05) is 0 Å². The maximum Gasteiger partial charge on any atom is 0.335 e. The molecule has 3 rings (SSSR count). The number of nitrogens with one attached hydrogen (secondary N) is 1. The lowest BCUT2D eigenvalue weighted by atomic mass is 9.99. The first kappa shape index (κ1) is 17.1. The Kier molecular flexibility index (Phi) is 4.81. The summed E-state index contributed by atoms with van der Waals surface area (Å²) in [5.74, 6) is -2.33. The number of H-pyrrole nitrogens is 1. The highest BCUT2D eigenvalue weighted by Crippen LogP contribution is 2.33. The van der Waals surface area contributed by atoms with E-state index >= 15 is 0 Å². The molecule has 0 fully saturated rings. The van der Waals surface area contributed by atoms with Gasteiger partial charge in [-0.05, 0) is 61.7 Å². The molecule has 0 spiro atoms. The van der Waals surface area contributed by atoms with Gasteiger partial charge in [-0.15, -0.1) is 0 Å². The van der Waals surface area contributed by atoms with Crippen molar-refractivity contribution in [1.29, 1.82) is 0 Å². The third-order valence-electron chi connectivity index (χ3n) is 4.23. The van der Waals surface area contributed by atoms with Gasteiger partial charge in [-0.25, -0.2) is 13.6 Å². The van der Waals surface area contributed by atoms with E-state index in [1.165, 1.54) is 18.2 Å². The van der Waals surface area contributed by atoms with Crippen molar-refractivity contribution in [2.75, 3.05) is 6.54 Å². The summed E-state index contributed by atoms with van der Waals surface area (Å²) in [7, 11) is 0. The van der Waals surface area contributed by atoms with Crippen molar-refractivity contribution in [3.05, 3.63) is 59.2 Å². The fourth-order valence-electron chi connectivity index (χ4n) is 3.01.